The maximum atomic E-state index is 10.1. The lowest BCUT2D eigenvalue weighted by Crippen LogP contribution is -1.96. The topological polar surface area (TPSA) is 20.2 Å². The average molecular weight is 383 g/mol. The lowest BCUT2D eigenvalue weighted by atomic mass is 10.1. The summed E-state index contributed by atoms with van der Waals surface area (Å²) in [5.41, 5.74) is 0.855. The molecular formula is C11H7Br2ClOS. The van der Waals surface area contributed by atoms with Crippen LogP contribution in [0.1, 0.15) is 16.5 Å². The van der Waals surface area contributed by atoms with E-state index in [1.807, 2.05) is 24.3 Å². The van der Waals surface area contributed by atoms with E-state index in [-0.39, 0.29) is 0 Å². The highest BCUT2D eigenvalue weighted by molar-refractivity contribution is 9.11. The van der Waals surface area contributed by atoms with Crippen LogP contribution in [0.15, 0.2) is 38.6 Å². The molecule has 2 aromatic rings. The van der Waals surface area contributed by atoms with Gasteiger partial charge in [-0.25, -0.2) is 0 Å². The molecule has 1 heterocycles. The monoisotopic (exact) mass is 380 g/mol. The van der Waals surface area contributed by atoms with Crippen LogP contribution in [0, 0.1) is 0 Å². The van der Waals surface area contributed by atoms with Gasteiger partial charge in [-0.05, 0) is 39.7 Å². The minimum Gasteiger partial charge on any atom is -0.383 e. The molecule has 0 radical (unpaired) electrons. The third-order valence-electron chi connectivity index (χ3n) is 2.12. The molecule has 1 atom stereocenters. The molecule has 5 heteroatoms. The summed E-state index contributed by atoms with van der Waals surface area (Å²) in [6.45, 7) is 0. The third kappa shape index (κ3) is 2.68. The molecule has 0 saturated carbocycles. The summed E-state index contributed by atoms with van der Waals surface area (Å²) in [5.74, 6) is 0. The Labute approximate surface area is 119 Å². The standard InChI is InChI=1S/C11H7Br2ClOS/c12-7-3-1-6(2-4-7)10(15)9-5-8(14)11(13)16-9/h1-5,10,15H. The van der Waals surface area contributed by atoms with Crippen molar-refractivity contribution < 1.29 is 5.11 Å². The number of rotatable bonds is 2. The van der Waals surface area contributed by atoms with Crippen molar-refractivity contribution in [3.63, 3.8) is 0 Å². The summed E-state index contributed by atoms with van der Waals surface area (Å²) in [5, 5.41) is 10.8. The normalized spacial score (nSPS) is 12.8. The molecule has 1 N–H and O–H groups in total. The Balaban J connectivity index is 2.31. The molecule has 1 nitrogen and oxygen atoms in total. The fraction of sp³-hybridized carbons (Fsp3) is 0.0909. The van der Waals surface area contributed by atoms with E-state index >= 15 is 0 Å². The lowest BCUT2D eigenvalue weighted by Gasteiger charge is -2.08. The summed E-state index contributed by atoms with van der Waals surface area (Å²) < 4.78 is 1.84. The van der Waals surface area contributed by atoms with Gasteiger partial charge in [0.05, 0.1) is 8.81 Å². The van der Waals surface area contributed by atoms with Gasteiger partial charge >= 0.3 is 0 Å². The van der Waals surface area contributed by atoms with Crippen LogP contribution in [-0.2, 0) is 0 Å². The van der Waals surface area contributed by atoms with Gasteiger partial charge in [0.25, 0.3) is 0 Å². The second-order valence-corrected chi connectivity index (χ2v) is 6.95. The molecule has 1 aromatic heterocycles. The largest absolute Gasteiger partial charge is 0.383 e. The number of aliphatic hydroxyl groups is 1. The number of hydrogen-bond acceptors (Lipinski definition) is 2. The van der Waals surface area contributed by atoms with E-state index in [1.54, 1.807) is 6.07 Å². The van der Waals surface area contributed by atoms with E-state index in [2.05, 4.69) is 31.9 Å². The summed E-state index contributed by atoms with van der Waals surface area (Å²) in [6.07, 6.45) is -0.623. The van der Waals surface area contributed by atoms with Crippen molar-refractivity contribution >= 4 is 54.8 Å². The first-order valence-corrected chi connectivity index (χ1v) is 7.24. The summed E-state index contributed by atoms with van der Waals surface area (Å²) in [4.78, 5) is 0.833. The molecule has 2 rings (SSSR count). The predicted molar refractivity (Wildman–Crippen MR) is 75.2 cm³/mol. The fourth-order valence-corrected chi connectivity index (χ4v) is 3.33. The quantitative estimate of drug-likeness (QED) is 0.774. The molecule has 0 bridgehead atoms. The zero-order valence-corrected chi connectivity index (χ0v) is 12.7. The second-order valence-electron chi connectivity index (χ2n) is 3.22. The SMILES string of the molecule is OC(c1ccc(Br)cc1)c1cc(Cl)c(Br)s1. The lowest BCUT2D eigenvalue weighted by molar-refractivity contribution is 0.224. The number of halogens is 3. The van der Waals surface area contributed by atoms with Gasteiger partial charge in [-0.1, -0.05) is 39.7 Å². The van der Waals surface area contributed by atoms with Gasteiger partial charge in [0.1, 0.15) is 6.10 Å². The Morgan fingerprint density at radius 3 is 2.31 bits per heavy atom. The van der Waals surface area contributed by atoms with Gasteiger partial charge in [0.2, 0.25) is 0 Å². The van der Waals surface area contributed by atoms with Crippen LogP contribution in [-0.4, -0.2) is 5.11 Å². The van der Waals surface area contributed by atoms with Crippen LogP contribution in [0.25, 0.3) is 0 Å². The zero-order valence-electron chi connectivity index (χ0n) is 7.95. The Morgan fingerprint density at radius 2 is 1.81 bits per heavy atom. The van der Waals surface area contributed by atoms with Gasteiger partial charge in [-0.15, -0.1) is 11.3 Å². The van der Waals surface area contributed by atoms with Crippen molar-refractivity contribution in [2.24, 2.45) is 0 Å². The molecular weight excluding hydrogens is 375 g/mol. The van der Waals surface area contributed by atoms with Gasteiger partial charge in [0.15, 0.2) is 0 Å². The van der Waals surface area contributed by atoms with Crippen LogP contribution >= 0.6 is 54.8 Å². The molecule has 84 valence electrons. The van der Waals surface area contributed by atoms with Crippen LogP contribution in [0.2, 0.25) is 5.02 Å². The maximum Gasteiger partial charge on any atom is 0.113 e. The predicted octanol–water partition coefficient (Wildman–Crippen LogP) is 5.01. The highest BCUT2D eigenvalue weighted by Gasteiger charge is 2.14. The number of thiophene rings is 1. The molecule has 16 heavy (non-hydrogen) atoms. The smallest absolute Gasteiger partial charge is 0.113 e. The first-order valence-electron chi connectivity index (χ1n) is 4.46. The van der Waals surface area contributed by atoms with Crippen LogP contribution < -0.4 is 0 Å². The molecule has 0 saturated heterocycles. The second kappa shape index (κ2) is 5.19. The minimum absolute atomic E-state index is 0.623. The van der Waals surface area contributed by atoms with Gasteiger partial charge < -0.3 is 5.11 Å². The summed E-state index contributed by atoms with van der Waals surface area (Å²) >= 11 is 14.1. The van der Waals surface area contributed by atoms with Crippen molar-refractivity contribution in [1.29, 1.82) is 0 Å². The van der Waals surface area contributed by atoms with Crippen molar-refractivity contribution in [2.75, 3.05) is 0 Å². The fourth-order valence-electron chi connectivity index (χ4n) is 1.31. The van der Waals surface area contributed by atoms with E-state index < -0.39 is 6.10 Å². The average Bonchev–Trinajstić information content (AvgIpc) is 2.59. The highest BCUT2D eigenvalue weighted by atomic mass is 79.9. The van der Waals surface area contributed by atoms with E-state index in [1.165, 1.54) is 11.3 Å². The third-order valence-corrected chi connectivity index (χ3v) is 5.18. The van der Waals surface area contributed by atoms with Crippen molar-refractivity contribution in [3.05, 3.63) is 54.1 Å². The Kier molecular flexibility index (Phi) is 4.08. The van der Waals surface area contributed by atoms with Crippen LogP contribution in [0.4, 0.5) is 0 Å². The first kappa shape index (κ1) is 12.6. The summed E-state index contributed by atoms with van der Waals surface area (Å²) in [6, 6.07) is 9.36. The molecule has 1 unspecified atom stereocenters. The molecule has 0 aliphatic carbocycles. The number of aliphatic hydroxyl groups excluding tert-OH is 1. The van der Waals surface area contributed by atoms with Gasteiger partial charge in [-0.2, -0.15) is 0 Å². The maximum absolute atomic E-state index is 10.1. The van der Waals surface area contributed by atoms with E-state index in [0.29, 0.717) is 5.02 Å². The van der Waals surface area contributed by atoms with Crippen molar-refractivity contribution in [1.82, 2.24) is 0 Å². The highest BCUT2D eigenvalue weighted by Crippen LogP contribution is 2.37. The molecule has 0 aliphatic rings. The molecule has 0 aliphatic heterocycles. The van der Waals surface area contributed by atoms with Gasteiger partial charge in [-0.3, -0.25) is 0 Å². The van der Waals surface area contributed by atoms with E-state index in [9.17, 15) is 5.11 Å². The first-order chi connectivity index (χ1) is 7.58. The van der Waals surface area contributed by atoms with Crippen LogP contribution in [0.5, 0.6) is 0 Å². The number of hydrogen-bond donors (Lipinski definition) is 1. The van der Waals surface area contributed by atoms with Gasteiger partial charge in [0, 0.05) is 9.35 Å². The molecule has 0 spiro atoms. The zero-order chi connectivity index (χ0) is 11.7. The summed E-state index contributed by atoms with van der Waals surface area (Å²) in [7, 11) is 0. The van der Waals surface area contributed by atoms with Crippen LogP contribution in [0.3, 0.4) is 0 Å². The van der Waals surface area contributed by atoms with Crippen molar-refractivity contribution in [2.45, 2.75) is 6.10 Å². The van der Waals surface area contributed by atoms with E-state index in [4.69, 9.17) is 11.6 Å². The Morgan fingerprint density at radius 1 is 1.19 bits per heavy atom. The Hall–Kier alpha value is 0.130. The Bertz CT molecular complexity index is 476. The molecule has 0 amide bonds. The number of benzene rings is 1. The van der Waals surface area contributed by atoms with Crippen molar-refractivity contribution in [3.8, 4) is 0 Å². The molecule has 1 aromatic carbocycles. The molecule has 0 fully saturated rings. The minimum atomic E-state index is -0.623. The van der Waals surface area contributed by atoms with E-state index in [0.717, 1.165) is 18.7 Å².